The molecule has 2 amide bonds. The van der Waals surface area contributed by atoms with E-state index in [9.17, 15) is 27.9 Å². The molecule has 25 heavy (non-hydrogen) atoms. The molecule has 0 aliphatic heterocycles. The van der Waals surface area contributed by atoms with Crippen molar-refractivity contribution in [2.24, 2.45) is 0 Å². The first-order valence-corrected chi connectivity index (χ1v) is 7.24. The summed E-state index contributed by atoms with van der Waals surface area (Å²) >= 11 is 5.54. The van der Waals surface area contributed by atoms with E-state index in [4.69, 9.17) is 11.6 Å². The smallest absolute Gasteiger partial charge is 0.418 e. The van der Waals surface area contributed by atoms with Crippen LogP contribution < -0.4 is 10.6 Å². The minimum absolute atomic E-state index is 0.0436. The van der Waals surface area contributed by atoms with Crippen molar-refractivity contribution in [3.05, 3.63) is 52.5 Å². The normalized spacial score (nSPS) is 11.1. The molecule has 0 radical (unpaired) electrons. The van der Waals surface area contributed by atoms with E-state index in [1.54, 1.807) is 13.0 Å². The summed E-state index contributed by atoms with van der Waals surface area (Å²) in [5.41, 5.74) is -1.11. The molecule has 2 aromatic carbocycles. The molecule has 132 valence electrons. The van der Waals surface area contributed by atoms with Crippen LogP contribution in [0, 0.1) is 6.92 Å². The zero-order valence-electron chi connectivity index (χ0n) is 12.7. The number of hydrogen-bond donors (Lipinski definition) is 3. The highest BCUT2D eigenvalue weighted by Gasteiger charge is 2.34. The Hall–Kier alpha value is -2.74. The van der Waals surface area contributed by atoms with Crippen molar-refractivity contribution in [2.75, 3.05) is 10.6 Å². The maximum absolute atomic E-state index is 13.0. The van der Waals surface area contributed by atoms with Crippen LogP contribution in [0.15, 0.2) is 36.4 Å². The summed E-state index contributed by atoms with van der Waals surface area (Å²) in [4.78, 5) is 23.7. The highest BCUT2D eigenvalue weighted by atomic mass is 35.5. The third-order valence-corrected chi connectivity index (χ3v) is 3.38. The Labute approximate surface area is 145 Å². The Bertz CT molecular complexity index is 838. The van der Waals surface area contributed by atoms with Crippen LogP contribution in [0.4, 0.5) is 24.5 Å². The number of nitrogens with one attached hydrogen (secondary N) is 2. The molecule has 0 aliphatic carbocycles. The summed E-state index contributed by atoms with van der Waals surface area (Å²) in [5.74, 6) is -2.83. The Morgan fingerprint density at radius 1 is 1.00 bits per heavy atom. The molecule has 0 atom stereocenters. The quantitative estimate of drug-likeness (QED) is 0.551. The maximum atomic E-state index is 13.0. The van der Waals surface area contributed by atoms with Crippen LogP contribution in [0.2, 0.25) is 5.02 Å². The molecule has 0 heterocycles. The molecule has 3 N–H and O–H groups in total. The molecule has 0 spiro atoms. The van der Waals surface area contributed by atoms with Crippen molar-refractivity contribution < 1.29 is 27.9 Å². The van der Waals surface area contributed by atoms with Gasteiger partial charge in [0.15, 0.2) is 0 Å². The fraction of sp³-hybridized carbons (Fsp3) is 0.125. The number of rotatable bonds is 2. The number of phenols is 1. The second kappa shape index (κ2) is 7.02. The lowest BCUT2D eigenvalue weighted by atomic mass is 10.1. The minimum Gasteiger partial charge on any atom is -0.506 e. The van der Waals surface area contributed by atoms with Gasteiger partial charge in [-0.25, -0.2) is 0 Å². The molecule has 0 bridgehead atoms. The minimum atomic E-state index is -4.76. The van der Waals surface area contributed by atoms with E-state index in [0.717, 1.165) is 17.7 Å². The van der Waals surface area contributed by atoms with Crippen molar-refractivity contribution in [3.8, 4) is 5.75 Å². The van der Waals surface area contributed by atoms with Gasteiger partial charge in [-0.3, -0.25) is 9.59 Å². The fourth-order valence-corrected chi connectivity index (χ4v) is 2.14. The van der Waals surface area contributed by atoms with Gasteiger partial charge in [0.05, 0.1) is 16.9 Å². The number of hydrogen-bond acceptors (Lipinski definition) is 3. The second-order valence-electron chi connectivity index (χ2n) is 5.12. The molecule has 2 rings (SSSR count). The van der Waals surface area contributed by atoms with Gasteiger partial charge in [-0.05, 0) is 42.8 Å². The van der Waals surface area contributed by atoms with Gasteiger partial charge >= 0.3 is 18.0 Å². The zero-order chi connectivity index (χ0) is 18.8. The lowest BCUT2D eigenvalue weighted by Crippen LogP contribution is -2.30. The van der Waals surface area contributed by atoms with Crippen LogP contribution in [0.3, 0.4) is 0 Å². The first kappa shape index (κ1) is 18.6. The Kier molecular flexibility index (Phi) is 5.22. The number of carbonyl (C=O) groups excluding carboxylic acids is 2. The predicted octanol–water partition coefficient (Wildman–Crippen LogP) is 3.95. The van der Waals surface area contributed by atoms with Gasteiger partial charge in [-0.2, -0.15) is 13.2 Å². The third-order valence-electron chi connectivity index (χ3n) is 3.14. The fourth-order valence-electron chi connectivity index (χ4n) is 1.97. The Morgan fingerprint density at radius 2 is 1.56 bits per heavy atom. The van der Waals surface area contributed by atoms with Crippen molar-refractivity contribution >= 4 is 34.8 Å². The molecule has 2 aromatic rings. The Balaban J connectivity index is 2.18. The number of phenolic OH excluding ortho intramolecular Hbond substituents is 1. The van der Waals surface area contributed by atoms with Crippen molar-refractivity contribution in [1.29, 1.82) is 0 Å². The average Bonchev–Trinajstić information content (AvgIpc) is 2.50. The van der Waals surface area contributed by atoms with Gasteiger partial charge in [0.25, 0.3) is 0 Å². The van der Waals surface area contributed by atoms with Crippen LogP contribution in [0.5, 0.6) is 5.75 Å². The zero-order valence-corrected chi connectivity index (χ0v) is 13.5. The molecule has 0 aliphatic rings. The third kappa shape index (κ3) is 4.63. The van der Waals surface area contributed by atoms with Crippen LogP contribution >= 0.6 is 11.6 Å². The maximum Gasteiger partial charge on any atom is 0.418 e. The van der Waals surface area contributed by atoms with Gasteiger partial charge in [-0.1, -0.05) is 17.7 Å². The van der Waals surface area contributed by atoms with Gasteiger partial charge in [0.1, 0.15) is 5.75 Å². The van der Waals surface area contributed by atoms with E-state index < -0.39 is 29.2 Å². The number of alkyl halides is 3. The summed E-state index contributed by atoms with van der Waals surface area (Å²) in [5, 5.41) is 13.5. The molecule has 5 nitrogen and oxygen atoms in total. The van der Waals surface area contributed by atoms with Gasteiger partial charge in [0, 0.05) is 5.02 Å². The van der Waals surface area contributed by atoms with Gasteiger partial charge < -0.3 is 15.7 Å². The average molecular weight is 373 g/mol. The molecule has 0 unspecified atom stereocenters. The number of aromatic hydroxyl groups is 1. The van der Waals surface area contributed by atoms with E-state index >= 15 is 0 Å². The largest absolute Gasteiger partial charge is 0.506 e. The summed E-state index contributed by atoms with van der Waals surface area (Å²) in [6.07, 6.45) is -4.76. The first-order valence-electron chi connectivity index (χ1n) is 6.86. The van der Waals surface area contributed by atoms with E-state index in [2.05, 4.69) is 5.32 Å². The van der Waals surface area contributed by atoms with E-state index in [-0.39, 0.29) is 16.5 Å². The topological polar surface area (TPSA) is 78.4 Å². The van der Waals surface area contributed by atoms with E-state index in [1.165, 1.54) is 12.1 Å². The van der Waals surface area contributed by atoms with Crippen molar-refractivity contribution in [2.45, 2.75) is 13.1 Å². The second-order valence-corrected chi connectivity index (χ2v) is 5.55. The molecule has 9 heteroatoms. The SMILES string of the molecule is Cc1ccc(NC(=O)C(=O)Nc2ccc(Cl)cc2C(F)(F)F)c(O)c1. The molecular weight excluding hydrogens is 361 g/mol. The Morgan fingerprint density at radius 3 is 2.12 bits per heavy atom. The number of anilines is 2. The lowest BCUT2D eigenvalue weighted by Gasteiger charge is -2.14. The van der Waals surface area contributed by atoms with Crippen LogP contribution in [-0.2, 0) is 15.8 Å². The number of carbonyl (C=O) groups is 2. The molecular formula is C16H12ClF3N2O3. The number of halogens is 4. The van der Waals surface area contributed by atoms with Gasteiger partial charge in [-0.15, -0.1) is 0 Å². The van der Waals surface area contributed by atoms with E-state index in [0.29, 0.717) is 6.07 Å². The standard InChI is InChI=1S/C16H12ClF3N2O3/c1-8-2-4-12(13(23)6-8)22-15(25)14(24)21-11-5-3-9(17)7-10(11)16(18,19)20/h2-7,23H,1H3,(H,21,24)(H,22,25). The first-order chi connectivity index (χ1) is 11.6. The molecule has 0 saturated heterocycles. The summed E-state index contributed by atoms with van der Waals surface area (Å²) in [6, 6.07) is 7.03. The van der Waals surface area contributed by atoms with Crippen LogP contribution in [0.25, 0.3) is 0 Å². The highest BCUT2D eigenvalue weighted by molar-refractivity contribution is 6.44. The van der Waals surface area contributed by atoms with Crippen molar-refractivity contribution in [1.82, 2.24) is 0 Å². The predicted molar refractivity (Wildman–Crippen MR) is 86.6 cm³/mol. The van der Waals surface area contributed by atoms with Crippen LogP contribution in [-0.4, -0.2) is 16.9 Å². The van der Waals surface area contributed by atoms with Gasteiger partial charge in [0.2, 0.25) is 0 Å². The lowest BCUT2D eigenvalue weighted by molar-refractivity contribution is -0.137. The molecule has 0 aromatic heterocycles. The molecule has 0 saturated carbocycles. The number of amides is 2. The monoisotopic (exact) mass is 372 g/mol. The van der Waals surface area contributed by atoms with Crippen molar-refractivity contribution in [3.63, 3.8) is 0 Å². The van der Waals surface area contributed by atoms with Crippen LogP contribution in [0.1, 0.15) is 11.1 Å². The summed E-state index contributed by atoms with van der Waals surface area (Å²) in [7, 11) is 0. The summed E-state index contributed by atoms with van der Waals surface area (Å²) in [6.45, 7) is 1.71. The number of aryl methyl sites for hydroxylation is 1. The molecule has 0 fully saturated rings. The number of benzene rings is 2. The van der Waals surface area contributed by atoms with E-state index in [1.807, 2.05) is 5.32 Å². The highest BCUT2D eigenvalue weighted by Crippen LogP contribution is 2.36. The summed E-state index contributed by atoms with van der Waals surface area (Å²) < 4.78 is 38.9.